The molecule has 0 radical (unpaired) electrons. The molecule has 0 aromatic heterocycles. The van der Waals surface area contributed by atoms with Crippen molar-refractivity contribution >= 4 is 22.8 Å². The van der Waals surface area contributed by atoms with E-state index in [4.69, 9.17) is 0 Å². The number of amidine groups is 1. The van der Waals surface area contributed by atoms with Crippen LogP contribution in [0.2, 0.25) is 0 Å². The molecule has 1 aliphatic rings. The van der Waals surface area contributed by atoms with Crippen LogP contribution in [0.25, 0.3) is 0 Å². The Morgan fingerprint density at radius 3 is 2.71 bits per heavy atom. The first-order valence-corrected chi connectivity index (χ1v) is 6.97. The van der Waals surface area contributed by atoms with Crippen LogP contribution in [0.15, 0.2) is 4.99 Å². The predicted molar refractivity (Wildman–Crippen MR) is 74.4 cm³/mol. The zero-order chi connectivity index (χ0) is 13.0. The lowest BCUT2D eigenvalue weighted by Crippen LogP contribution is -2.43. The maximum atomic E-state index is 11.7. The highest BCUT2D eigenvalue weighted by Gasteiger charge is 2.23. The van der Waals surface area contributed by atoms with Crippen LogP contribution < -0.4 is 5.32 Å². The lowest BCUT2D eigenvalue weighted by molar-refractivity contribution is -0.130. The fourth-order valence-electron chi connectivity index (χ4n) is 1.78. The summed E-state index contributed by atoms with van der Waals surface area (Å²) in [5.41, 5.74) is 0. The van der Waals surface area contributed by atoms with E-state index in [1.807, 2.05) is 6.92 Å². The summed E-state index contributed by atoms with van der Waals surface area (Å²) >= 11 is 1.76. The summed E-state index contributed by atoms with van der Waals surface area (Å²) in [5, 5.41) is 4.67. The molecular weight excluding hydrogens is 234 g/mol. The quantitative estimate of drug-likeness (QED) is 0.831. The zero-order valence-corrected chi connectivity index (χ0v) is 12.2. The number of carbonyl (C=O) groups excluding carboxylic acids is 1. The SMILES string of the molecule is CC(C)CC1CN=C(NC(C)C(=O)N(C)C)S1. The maximum absolute atomic E-state index is 11.7. The second-order valence-corrected chi connectivity index (χ2v) is 6.40. The Balaban J connectivity index is 2.37. The normalized spacial score (nSPS) is 21.3. The minimum Gasteiger partial charge on any atom is -0.353 e. The Kier molecular flexibility index (Phi) is 5.31. The molecule has 98 valence electrons. The average molecular weight is 257 g/mol. The van der Waals surface area contributed by atoms with Gasteiger partial charge in [0.25, 0.3) is 0 Å². The number of nitrogens with zero attached hydrogens (tertiary/aromatic N) is 2. The first-order chi connectivity index (χ1) is 7.90. The third-order valence-electron chi connectivity index (χ3n) is 2.60. The molecule has 1 aliphatic heterocycles. The average Bonchev–Trinajstić information content (AvgIpc) is 2.63. The second-order valence-electron chi connectivity index (χ2n) is 5.11. The molecule has 1 rings (SSSR count). The number of likely N-dealkylation sites (N-methyl/N-ethyl adjacent to an activating group) is 1. The van der Waals surface area contributed by atoms with Crippen molar-refractivity contribution in [1.82, 2.24) is 10.2 Å². The fourth-order valence-corrected chi connectivity index (χ4v) is 3.12. The highest BCUT2D eigenvalue weighted by atomic mass is 32.2. The van der Waals surface area contributed by atoms with Crippen molar-refractivity contribution in [2.24, 2.45) is 10.9 Å². The van der Waals surface area contributed by atoms with Crippen LogP contribution >= 0.6 is 11.8 Å². The van der Waals surface area contributed by atoms with Gasteiger partial charge < -0.3 is 10.2 Å². The Bertz CT molecular complexity index is 302. The van der Waals surface area contributed by atoms with Crippen molar-refractivity contribution < 1.29 is 4.79 Å². The molecule has 5 heteroatoms. The summed E-state index contributed by atoms with van der Waals surface area (Å²) in [7, 11) is 3.54. The van der Waals surface area contributed by atoms with E-state index in [2.05, 4.69) is 24.2 Å². The van der Waals surface area contributed by atoms with Gasteiger partial charge >= 0.3 is 0 Å². The molecule has 0 saturated carbocycles. The molecule has 0 bridgehead atoms. The van der Waals surface area contributed by atoms with E-state index in [9.17, 15) is 4.79 Å². The summed E-state index contributed by atoms with van der Waals surface area (Å²) in [4.78, 5) is 17.7. The van der Waals surface area contributed by atoms with Gasteiger partial charge in [-0.2, -0.15) is 0 Å². The highest BCUT2D eigenvalue weighted by Crippen LogP contribution is 2.25. The number of amides is 1. The van der Waals surface area contributed by atoms with Gasteiger partial charge in [-0.25, -0.2) is 0 Å². The molecule has 2 unspecified atom stereocenters. The van der Waals surface area contributed by atoms with E-state index in [0.29, 0.717) is 11.2 Å². The van der Waals surface area contributed by atoms with Crippen molar-refractivity contribution in [3.8, 4) is 0 Å². The highest BCUT2D eigenvalue weighted by molar-refractivity contribution is 8.14. The molecular formula is C12H23N3OS. The first kappa shape index (κ1) is 14.4. The molecule has 17 heavy (non-hydrogen) atoms. The van der Waals surface area contributed by atoms with Crippen molar-refractivity contribution in [3.63, 3.8) is 0 Å². The molecule has 0 fully saturated rings. The van der Waals surface area contributed by atoms with Crippen LogP contribution in [0, 0.1) is 5.92 Å². The maximum Gasteiger partial charge on any atom is 0.244 e. The van der Waals surface area contributed by atoms with Gasteiger partial charge in [-0.3, -0.25) is 9.79 Å². The topological polar surface area (TPSA) is 44.7 Å². The summed E-state index contributed by atoms with van der Waals surface area (Å²) < 4.78 is 0. The van der Waals surface area contributed by atoms with Gasteiger partial charge in [0.1, 0.15) is 6.04 Å². The molecule has 1 heterocycles. The molecule has 4 nitrogen and oxygen atoms in total. The van der Waals surface area contributed by atoms with Crippen LogP contribution in [0.1, 0.15) is 27.2 Å². The second kappa shape index (κ2) is 6.28. The summed E-state index contributed by atoms with van der Waals surface area (Å²) in [6, 6.07) is -0.200. The molecule has 0 aromatic carbocycles. The minimum atomic E-state index is -0.200. The van der Waals surface area contributed by atoms with Gasteiger partial charge in [-0.05, 0) is 19.3 Å². The molecule has 0 aliphatic carbocycles. The van der Waals surface area contributed by atoms with Crippen LogP contribution in [0.5, 0.6) is 0 Å². The Morgan fingerprint density at radius 1 is 1.53 bits per heavy atom. The van der Waals surface area contributed by atoms with Gasteiger partial charge in [0, 0.05) is 19.3 Å². The van der Waals surface area contributed by atoms with E-state index >= 15 is 0 Å². The van der Waals surface area contributed by atoms with Gasteiger partial charge in [-0.1, -0.05) is 25.6 Å². The third-order valence-corrected chi connectivity index (χ3v) is 3.75. The van der Waals surface area contributed by atoms with Crippen molar-refractivity contribution in [3.05, 3.63) is 0 Å². The van der Waals surface area contributed by atoms with Crippen molar-refractivity contribution in [2.45, 2.75) is 38.5 Å². The molecule has 1 amide bonds. The largest absolute Gasteiger partial charge is 0.353 e. The van der Waals surface area contributed by atoms with E-state index in [0.717, 1.165) is 11.7 Å². The predicted octanol–water partition coefficient (Wildman–Crippen LogP) is 1.57. The number of thioether (sulfide) groups is 1. The molecule has 0 spiro atoms. The fraction of sp³-hybridized carbons (Fsp3) is 0.833. The summed E-state index contributed by atoms with van der Waals surface area (Å²) in [6.07, 6.45) is 1.18. The zero-order valence-electron chi connectivity index (χ0n) is 11.4. The molecule has 0 aromatic rings. The van der Waals surface area contributed by atoms with Gasteiger partial charge in [0.05, 0.1) is 6.54 Å². The van der Waals surface area contributed by atoms with Crippen LogP contribution in [0.4, 0.5) is 0 Å². The standard InChI is InChI=1S/C12H23N3OS/c1-8(2)6-10-7-13-12(17-10)14-9(3)11(16)15(4)5/h8-10H,6-7H2,1-5H3,(H,13,14). The minimum absolute atomic E-state index is 0.0839. The molecule has 1 N–H and O–H groups in total. The van der Waals surface area contributed by atoms with Crippen molar-refractivity contribution in [2.75, 3.05) is 20.6 Å². The Labute approximate surface area is 108 Å². The van der Waals surface area contributed by atoms with Gasteiger partial charge in [-0.15, -0.1) is 0 Å². The third kappa shape index (κ3) is 4.58. The van der Waals surface area contributed by atoms with Crippen LogP contribution in [-0.2, 0) is 4.79 Å². The lowest BCUT2D eigenvalue weighted by Gasteiger charge is -2.19. The van der Waals surface area contributed by atoms with Gasteiger partial charge in [0.2, 0.25) is 5.91 Å². The molecule has 2 atom stereocenters. The number of nitrogens with one attached hydrogen (secondary N) is 1. The Morgan fingerprint density at radius 2 is 2.18 bits per heavy atom. The van der Waals surface area contributed by atoms with E-state index in [1.54, 1.807) is 30.8 Å². The van der Waals surface area contributed by atoms with Gasteiger partial charge in [0.15, 0.2) is 5.17 Å². The number of aliphatic imine (C=N–C) groups is 1. The Hall–Kier alpha value is -0.710. The van der Waals surface area contributed by atoms with Crippen LogP contribution in [-0.4, -0.2) is 47.9 Å². The number of hydrogen-bond acceptors (Lipinski definition) is 4. The monoisotopic (exact) mass is 257 g/mol. The van der Waals surface area contributed by atoms with E-state index in [-0.39, 0.29) is 11.9 Å². The first-order valence-electron chi connectivity index (χ1n) is 6.09. The lowest BCUT2D eigenvalue weighted by atomic mass is 10.1. The summed E-state index contributed by atoms with van der Waals surface area (Å²) in [5.74, 6) is 0.781. The smallest absolute Gasteiger partial charge is 0.244 e. The van der Waals surface area contributed by atoms with Crippen LogP contribution in [0.3, 0.4) is 0 Å². The number of hydrogen-bond donors (Lipinski definition) is 1. The van der Waals surface area contributed by atoms with E-state index < -0.39 is 0 Å². The van der Waals surface area contributed by atoms with Crippen molar-refractivity contribution in [1.29, 1.82) is 0 Å². The summed E-state index contributed by atoms with van der Waals surface area (Å²) in [6.45, 7) is 7.20. The number of rotatable bonds is 4. The van der Waals surface area contributed by atoms with E-state index in [1.165, 1.54) is 6.42 Å². The number of carbonyl (C=O) groups is 1. The molecule has 0 saturated heterocycles.